The molecule has 1 aromatic carbocycles. The van der Waals surface area contributed by atoms with Gasteiger partial charge in [0.1, 0.15) is 22.8 Å². The highest BCUT2D eigenvalue weighted by Gasteiger charge is 2.40. The number of aromatic carboxylic acids is 1. The second-order valence-electron chi connectivity index (χ2n) is 8.44. The molecule has 0 unspecified atom stereocenters. The maximum Gasteiger partial charge on any atom is 0.339 e. The normalized spacial score (nSPS) is 19.5. The van der Waals surface area contributed by atoms with Crippen molar-refractivity contribution in [2.75, 3.05) is 0 Å². The Morgan fingerprint density at radius 2 is 1.90 bits per heavy atom. The van der Waals surface area contributed by atoms with Crippen LogP contribution >= 0.6 is 11.6 Å². The lowest BCUT2D eigenvalue weighted by molar-refractivity contribution is -0.130. The van der Waals surface area contributed by atoms with Gasteiger partial charge in [-0.25, -0.2) is 4.79 Å². The van der Waals surface area contributed by atoms with E-state index >= 15 is 0 Å². The SMILES string of the molecule is C=C1CCC(=O)C(C)(C)[C@@H]1CC/C(C)=C/Cc1c(O)c(Cl)c(C)c(C(=O)O)c1O. The van der Waals surface area contributed by atoms with Crippen molar-refractivity contribution >= 4 is 23.4 Å². The summed E-state index contributed by atoms with van der Waals surface area (Å²) in [5, 5.41) is 29.9. The van der Waals surface area contributed by atoms with E-state index in [2.05, 4.69) is 6.58 Å². The molecule has 2 rings (SSSR count). The average molecular weight is 421 g/mol. The van der Waals surface area contributed by atoms with E-state index in [-0.39, 0.29) is 45.6 Å². The molecule has 3 N–H and O–H groups in total. The Balaban J connectivity index is 2.19. The van der Waals surface area contributed by atoms with Gasteiger partial charge in [-0.3, -0.25) is 4.79 Å². The molecule has 29 heavy (non-hydrogen) atoms. The molecule has 5 nitrogen and oxygen atoms in total. The Hall–Kier alpha value is -2.27. The predicted octanol–water partition coefficient (Wildman–Crippen LogP) is 5.59. The second-order valence-corrected chi connectivity index (χ2v) is 8.82. The molecule has 1 aliphatic carbocycles. The van der Waals surface area contributed by atoms with Gasteiger partial charge in [-0.2, -0.15) is 0 Å². The molecule has 1 aromatic rings. The quantitative estimate of drug-likeness (QED) is 0.521. The molecule has 1 aliphatic rings. The summed E-state index contributed by atoms with van der Waals surface area (Å²) in [5.74, 6) is -1.69. The highest BCUT2D eigenvalue weighted by atomic mass is 35.5. The molecule has 1 atom stereocenters. The minimum atomic E-state index is -1.30. The van der Waals surface area contributed by atoms with Crippen LogP contribution in [0.3, 0.4) is 0 Å². The maximum absolute atomic E-state index is 12.3. The number of hydrogen-bond acceptors (Lipinski definition) is 4. The predicted molar refractivity (Wildman–Crippen MR) is 114 cm³/mol. The van der Waals surface area contributed by atoms with Crippen LogP contribution < -0.4 is 0 Å². The first-order valence-corrected chi connectivity index (χ1v) is 10.1. The van der Waals surface area contributed by atoms with Gasteiger partial charge >= 0.3 is 5.97 Å². The summed E-state index contributed by atoms with van der Waals surface area (Å²) in [6, 6.07) is 0. The number of carbonyl (C=O) groups excluding carboxylic acids is 1. The molecule has 0 radical (unpaired) electrons. The lowest BCUT2D eigenvalue weighted by Crippen LogP contribution is -2.37. The molecule has 6 heteroatoms. The van der Waals surface area contributed by atoms with Crippen molar-refractivity contribution in [3.05, 3.63) is 45.5 Å². The molecule has 0 saturated heterocycles. The summed E-state index contributed by atoms with van der Waals surface area (Å²) in [6.45, 7) is 11.5. The Kier molecular flexibility index (Phi) is 6.84. The Morgan fingerprint density at radius 1 is 1.28 bits per heavy atom. The molecule has 0 aliphatic heterocycles. The number of Topliss-reactive ketones (excluding diaryl/α,β-unsaturated/α-hetero) is 1. The van der Waals surface area contributed by atoms with Gasteiger partial charge in [-0.05, 0) is 51.0 Å². The Labute approximate surface area is 176 Å². The number of phenolic OH excluding ortho intramolecular Hbond substituents is 1. The van der Waals surface area contributed by atoms with Crippen LogP contribution in [0.15, 0.2) is 23.8 Å². The molecule has 158 valence electrons. The van der Waals surface area contributed by atoms with Gasteiger partial charge in [-0.1, -0.05) is 49.2 Å². The van der Waals surface area contributed by atoms with Crippen molar-refractivity contribution in [2.45, 2.75) is 59.8 Å². The maximum atomic E-state index is 12.3. The summed E-state index contributed by atoms with van der Waals surface area (Å²) in [7, 11) is 0. The van der Waals surface area contributed by atoms with Crippen molar-refractivity contribution in [3.63, 3.8) is 0 Å². The molecule has 0 spiro atoms. The first-order chi connectivity index (χ1) is 13.4. The molecular weight excluding hydrogens is 392 g/mol. The number of benzene rings is 1. The first-order valence-electron chi connectivity index (χ1n) is 9.72. The van der Waals surface area contributed by atoms with Crippen LogP contribution in [0.25, 0.3) is 0 Å². The minimum Gasteiger partial charge on any atom is -0.507 e. The third kappa shape index (κ3) is 4.50. The molecule has 1 fully saturated rings. The van der Waals surface area contributed by atoms with Gasteiger partial charge in [0.15, 0.2) is 0 Å². The van der Waals surface area contributed by atoms with E-state index in [1.807, 2.05) is 26.8 Å². The van der Waals surface area contributed by atoms with Crippen LogP contribution in [-0.2, 0) is 11.2 Å². The third-order valence-corrected chi connectivity index (χ3v) is 6.63. The number of rotatable bonds is 6. The minimum absolute atomic E-state index is 0.0694. The second kappa shape index (κ2) is 8.62. The molecule has 0 heterocycles. The summed E-state index contributed by atoms with van der Waals surface area (Å²) >= 11 is 6.06. The number of aromatic hydroxyl groups is 2. The highest BCUT2D eigenvalue weighted by molar-refractivity contribution is 6.33. The van der Waals surface area contributed by atoms with Gasteiger partial charge in [0, 0.05) is 17.4 Å². The fourth-order valence-corrected chi connectivity index (χ4v) is 4.31. The van der Waals surface area contributed by atoms with Crippen LogP contribution in [0.4, 0.5) is 0 Å². The van der Waals surface area contributed by atoms with Crippen LogP contribution in [0.1, 0.15) is 67.9 Å². The van der Waals surface area contributed by atoms with Gasteiger partial charge in [0.25, 0.3) is 0 Å². The van der Waals surface area contributed by atoms with E-state index < -0.39 is 17.1 Å². The van der Waals surface area contributed by atoms with Gasteiger partial charge in [0.05, 0.1) is 5.02 Å². The van der Waals surface area contributed by atoms with E-state index in [9.17, 15) is 24.9 Å². The Morgan fingerprint density at radius 3 is 2.48 bits per heavy atom. The van der Waals surface area contributed by atoms with Crippen molar-refractivity contribution in [3.8, 4) is 11.5 Å². The summed E-state index contributed by atoms with van der Waals surface area (Å²) in [6.07, 6.45) is 4.79. The Bertz CT molecular complexity index is 895. The number of allylic oxidation sites excluding steroid dienone is 3. The number of phenols is 2. The van der Waals surface area contributed by atoms with Crippen LogP contribution in [-0.4, -0.2) is 27.1 Å². The van der Waals surface area contributed by atoms with E-state index in [1.165, 1.54) is 6.92 Å². The average Bonchev–Trinajstić information content (AvgIpc) is 2.62. The van der Waals surface area contributed by atoms with Gasteiger partial charge < -0.3 is 15.3 Å². The standard InChI is InChI=1S/C23H29ClO5/c1-12(7-10-16-13(2)8-11-17(25)23(16,4)5)6-9-15-20(26)18(22(28)29)14(3)19(24)21(15)27/h6,16,26-27H,2,7-11H2,1,3-5H3,(H,28,29)/b12-6+/t16-/m1/s1. The fraction of sp³-hybridized carbons (Fsp3) is 0.478. The number of carboxylic acid groups (broad SMARTS) is 1. The van der Waals surface area contributed by atoms with Crippen molar-refractivity contribution < 1.29 is 24.9 Å². The number of halogens is 1. The number of carboxylic acids is 1. The highest BCUT2D eigenvalue weighted by Crippen LogP contribution is 2.44. The lowest BCUT2D eigenvalue weighted by Gasteiger charge is -2.39. The van der Waals surface area contributed by atoms with Crippen molar-refractivity contribution in [2.24, 2.45) is 11.3 Å². The fourth-order valence-electron chi connectivity index (χ4n) is 4.11. The third-order valence-electron chi connectivity index (χ3n) is 6.17. The first kappa shape index (κ1) is 23.0. The summed E-state index contributed by atoms with van der Waals surface area (Å²) < 4.78 is 0. The smallest absolute Gasteiger partial charge is 0.339 e. The van der Waals surface area contributed by atoms with Crippen LogP contribution in [0, 0.1) is 18.3 Å². The molecule has 0 amide bonds. The molecular formula is C23H29ClO5. The van der Waals surface area contributed by atoms with Crippen molar-refractivity contribution in [1.29, 1.82) is 0 Å². The summed E-state index contributed by atoms with van der Waals surface area (Å²) in [5.41, 5.74) is 1.62. The van der Waals surface area contributed by atoms with Gasteiger partial charge in [0.2, 0.25) is 0 Å². The zero-order chi connectivity index (χ0) is 22.1. The largest absolute Gasteiger partial charge is 0.507 e. The summed E-state index contributed by atoms with van der Waals surface area (Å²) in [4.78, 5) is 23.7. The number of ketones is 1. The van der Waals surface area contributed by atoms with E-state index in [4.69, 9.17) is 11.6 Å². The monoisotopic (exact) mass is 420 g/mol. The number of hydrogen-bond donors (Lipinski definition) is 3. The van der Waals surface area contributed by atoms with Gasteiger partial charge in [-0.15, -0.1) is 0 Å². The molecule has 0 bridgehead atoms. The molecule has 0 aromatic heterocycles. The van der Waals surface area contributed by atoms with Crippen molar-refractivity contribution in [1.82, 2.24) is 0 Å². The zero-order valence-corrected chi connectivity index (χ0v) is 18.2. The van der Waals surface area contributed by atoms with E-state index in [1.54, 1.807) is 0 Å². The van der Waals surface area contributed by atoms with Crippen LogP contribution in [0.5, 0.6) is 11.5 Å². The lowest BCUT2D eigenvalue weighted by atomic mass is 9.64. The van der Waals surface area contributed by atoms with Crippen LogP contribution in [0.2, 0.25) is 5.02 Å². The zero-order valence-electron chi connectivity index (χ0n) is 17.4. The number of carbonyl (C=O) groups is 2. The van der Waals surface area contributed by atoms with E-state index in [0.29, 0.717) is 6.42 Å². The molecule has 1 saturated carbocycles. The van der Waals surface area contributed by atoms with E-state index in [0.717, 1.165) is 30.4 Å². The topological polar surface area (TPSA) is 94.8 Å².